The molecule has 0 aliphatic heterocycles. The summed E-state index contributed by atoms with van der Waals surface area (Å²) in [5, 5.41) is 13.7. The largest absolute Gasteiger partial charge is 0.450 e. The number of pyridine rings is 2. The lowest BCUT2D eigenvalue weighted by Gasteiger charge is -2.34. The van der Waals surface area contributed by atoms with Crippen molar-refractivity contribution in [1.82, 2.24) is 29.1 Å². The highest BCUT2D eigenvalue weighted by molar-refractivity contribution is 6.36. The lowest BCUT2D eigenvalue weighted by Crippen LogP contribution is -2.39. The molecule has 2 atom stereocenters. The molecule has 4 aromatic rings. The minimum Gasteiger partial charge on any atom is -0.450 e. The van der Waals surface area contributed by atoms with E-state index in [1.165, 1.54) is 24.8 Å². The summed E-state index contributed by atoms with van der Waals surface area (Å²) in [6.45, 7) is 0. The summed E-state index contributed by atoms with van der Waals surface area (Å²) in [6, 6.07) is 1.67. The van der Waals surface area contributed by atoms with E-state index in [1.54, 1.807) is 22.4 Å². The fraction of sp³-hybridized carbons (Fsp3) is 0.320. The molecule has 2 aliphatic rings. The summed E-state index contributed by atoms with van der Waals surface area (Å²) in [4.78, 5) is 30.5. The van der Waals surface area contributed by atoms with Crippen LogP contribution in [0.2, 0.25) is 5.02 Å². The summed E-state index contributed by atoms with van der Waals surface area (Å²) in [7, 11) is 1.77. The molecule has 0 radical (unpaired) electrons. The van der Waals surface area contributed by atoms with Crippen LogP contribution in [0.3, 0.4) is 0 Å². The van der Waals surface area contributed by atoms with Crippen molar-refractivity contribution < 1.29 is 9.84 Å². The smallest absolute Gasteiger partial charge is 0.274 e. The molecule has 4 heterocycles. The van der Waals surface area contributed by atoms with Crippen molar-refractivity contribution >= 4 is 40.2 Å². The van der Waals surface area contributed by atoms with E-state index in [9.17, 15) is 9.90 Å². The fourth-order valence-electron chi connectivity index (χ4n) is 4.52. The normalized spacial score (nSPS) is 19.6. The Balaban J connectivity index is 1.35. The highest BCUT2D eigenvalue weighted by Gasteiger charge is 2.33. The predicted molar refractivity (Wildman–Crippen MR) is 139 cm³/mol. The molecule has 0 saturated heterocycles. The molecule has 6 rings (SSSR count). The van der Waals surface area contributed by atoms with Gasteiger partial charge in [0.25, 0.3) is 5.56 Å². The van der Waals surface area contributed by atoms with Crippen LogP contribution < -0.4 is 21.3 Å². The van der Waals surface area contributed by atoms with Crippen molar-refractivity contribution in [3.8, 4) is 5.75 Å². The number of hydrogen-bond donors (Lipinski definition) is 3. The standard InChI is InChI=1S/C25H25ClN8O3/c1-33-22-21(26)20(37-19(9-27)16-10-28-6-7-29-16)11-30-23(22)32-25(33)31-15-8-14(13-2-3-13)12-34(24(15)36)17-4-5-18(17)35/h6-13,17-18,35H,2-5,27H2,1H3,(H,30,31,32)/t17-,18-/m0/s1. The molecule has 2 fully saturated rings. The zero-order valence-corrected chi connectivity index (χ0v) is 20.8. The van der Waals surface area contributed by atoms with Gasteiger partial charge in [0.1, 0.15) is 21.9 Å². The third-order valence-corrected chi connectivity index (χ3v) is 7.28. The van der Waals surface area contributed by atoms with Crippen LogP contribution in [0.5, 0.6) is 5.75 Å². The van der Waals surface area contributed by atoms with E-state index in [1.807, 2.05) is 12.3 Å². The molecule has 0 unspecified atom stereocenters. The van der Waals surface area contributed by atoms with Crippen molar-refractivity contribution in [1.29, 1.82) is 0 Å². The molecule has 11 nitrogen and oxygen atoms in total. The highest BCUT2D eigenvalue weighted by atomic mass is 35.5. The maximum Gasteiger partial charge on any atom is 0.274 e. The Bertz CT molecular complexity index is 1580. The van der Waals surface area contributed by atoms with Crippen LogP contribution in [0.4, 0.5) is 11.6 Å². The maximum atomic E-state index is 13.3. The summed E-state index contributed by atoms with van der Waals surface area (Å²) in [5.74, 6) is 1.37. The number of hydrogen-bond acceptors (Lipinski definition) is 9. The van der Waals surface area contributed by atoms with Gasteiger partial charge >= 0.3 is 0 Å². The Hall–Kier alpha value is -3.96. The van der Waals surface area contributed by atoms with E-state index in [4.69, 9.17) is 22.1 Å². The van der Waals surface area contributed by atoms with E-state index in [0.717, 1.165) is 24.8 Å². The second kappa shape index (κ2) is 9.16. The number of imidazole rings is 1. The number of aliphatic hydroxyl groups excluding tert-OH is 1. The number of anilines is 2. The van der Waals surface area contributed by atoms with Crippen LogP contribution in [-0.4, -0.2) is 40.3 Å². The third-order valence-electron chi connectivity index (χ3n) is 6.91. The van der Waals surface area contributed by atoms with Crippen molar-refractivity contribution in [2.75, 3.05) is 5.32 Å². The monoisotopic (exact) mass is 520 g/mol. The first-order chi connectivity index (χ1) is 17.9. The molecule has 12 heteroatoms. The van der Waals surface area contributed by atoms with Crippen LogP contribution in [-0.2, 0) is 7.05 Å². The first-order valence-corrected chi connectivity index (χ1v) is 12.4. The van der Waals surface area contributed by atoms with Crippen LogP contribution in [0.15, 0.2) is 48.0 Å². The molecule has 4 aromatic heterocycles. The summed E-state index contributed by atoms with van der Waals surface area (Å²) in [6.07, 6.45) is 12.4. The lowest BCUT2D eigenvalue weighted by molar-refractivity contribution is 0.0299. The van der Waals surface area contributed by atoms with E-state index in [2.05, 4.69) is 25.3 Å². The molecule has 2 aliphatic carbocycles. The summed E-state index contributed by atoms with van der Waals surface area (Å²) < 4.78 is 9.29. The lowest BCUT2D eigenvalue weighted by atomic mass is 9.88. The number of aryl methyl sites for hydroxylation is 1. The van der Waals surface area contributed by atoms with Gasteiger partial charge in [-0.25, -0.2) is 9.97 Å². The number of nitrogens with two attached hydrogens (primary N) is 1. The molecular formula is C25H25ClN8O3. The number of ether oxygens (including phenoxy) is 1. The first-order valence-electron chi connectivity index (χ1n) is 12.0. The van der Waals surface area contributed by atoms with E-state index >= 15 is 0 Å². The number of halogens is 1. The highest BCUT2D eigenvalue weighted by Crippen LogP contribution is 2.42. The van der Waals surface area contributed by atoms with Crippen molar-refractivity contribution in [2.45, 2.75) is 43.7 Å². The van der Waals surface area contributed by atoms with Gasteiger partial charge in [0.05, 0.1) is 24.5 Å². The Kier molecular flexibility index (Phi) is 5.81. The summed E-state index contributed by atoms with van der Waals surface area (Å²) in [5.41, 5.74) is 8.36. The first kappa shape index (κ1) is 23.4. The van der Waals surface area contributed by atoms with Gasteiger partial charge in [-0.15, -0.1) is 0 Å². The van der Waals surface area contributed by atoms with E-state index in [-0.39, 0.29) is 28.1 Å². The Morgan fingerprint density at radius 3 is 2.73 bits per heavy atom. The molecule has 2 saturated carbocycles. The van der Waals surface area contributed by atoms with Crippen LogP contribution in [0, 0.1) is 0 Å². The molecular weight excluding hydrogens is 496 g/mol. The van der Waals surface area contributed by atoms with Gasteiger partial charge in [-0.3, -0.25) is 9.78 Å². The van der Waals surface area contributed by atoms with Gasteiger partial charge in [0.15, 0.2) is 17.2 Å². The van der Waals surface area contributed by atoms with Gasteiger partial charge in [0, 0.05) is 31.8 Å². The van der Waals surface area contributed by atoms with Gasteiger partial charge in [-0.1, -0.05) is 11.6 Å². The minimum atomic E-state index is -0.508. The Labute approximate surface area is 216 Å². The summed E-state index contributed by atoms with van der Waals surface area (Å²) >= 11 is 6.72. The maximum absolute atomic E-state index is 13.3. The number of nitrogens with one attached hydrogen (secondary N) is 1. The number of rotatable bonds is 7. The van der Waals surface area contributed by atoms with Gasteiger partial charge in [0.2, 0.25) is 5.95 Å². The van der Waals surface area contributed by atoms with Crippen molar-refractivity contribution in [2.24, 2.45) is 12.8 Å². The van der Waals surface area contributed by atoms with Gasteiger partial charge in [-0.05, 0) is 43.2 Å². The minimum absolute atomic E-state index is 0.204. The van der Waals surface area contributed by atoms with Crippen LogP contribution >= 0.6 is 11.6 Å². The van der Waals surface area contributed by atoms with Gasteiger partial charge in [-0.2, -0.15) is 4.98 Å². The number of fused-ring (bicyclic) bond motifs is 1. The average Bonchev–Trinajstić information content (AvgIpc) is 3.70. The molecule has 4 N–H and O–H groups in total. The number of aromatic nitrogens is 6. The average molecular weight is 521 g/mol. The molecule has 0 spiro atoms. The quantitative estimate of drug-likeness (QED) is 0.312. The Morgan fingerprint density at radius 1 is 1.24 bits per heavy atom. The zero-order valence-electron chi connectivity index (χ0n) is 20.0. The molecule has 0 amide bonds. The van der Waals surface area contributed by atoms with Crippen molar-refractivity contribution in [3.63, 3.8) is 0 Å². The number of aliphatic hydroxyl groups is 1. The van der Waals surface area contributed by atoms with Crippen molar-refractivity contribution in [3.05, 3.63) is 69.9 Å². The molecule has 0 bridgehead atoms. The number of nitrogens with zero attached hydrogens (tertiary/aromatic N) is 6. The molecule has 37 heavy (non-hydrogen) atoms. The fourth-order valence-corrected chi connectivity index (χ4v) is 4.82. The Morgan fingerprint density at radius 2 is 2.08 bits per heavy atom. The van der Waals surface area contributed by atoms with Crippen LogP contribution in [0.25, 0.3) is 16.9 Å². The predicted octanol–water partition coefficient (Wildman–Crippen LogP) is 3.23. The molecule has 0 aromatic carbocycles. The second-order valence-electron chi connectivity index (χ2n) is 9.34. The van der Waals surface area contributed by atoms with E-state index in [0.29, 0.717) is 40.8 Å². The van der Waals surface area contributed by atoms with Crippen LogP contribution in [0.1, 0.15) is 48.9 Å². The second-order valence-corrected chi connectivity index (χ2v) is 9.72. The SMILES string of the molecule is Cn1c(Nc2cc(C3CC3)cn([C@H]3CC[C@@H]3O)c2=O)nc2ncc(OC(=CN)c3cnccn3)c(Cl)c21. The zero-order chi connectivity index (χ0) is 25.7. The molecule has 190 valence electrons. The third kappa shape index (κ3) is 4.19. The topological polar surface area (TPSA) is 146 Å². The van der Waals surface area contributed by atoms with E-state index < -0.39 is 6.10 Å². The van der Waals surface area contributed by atoms with Gasteiger partial charge < -0.3 is 30.0 Å².